The average molecular weight is 585 g/mol. The molecule has 0 spiro atoms. The highest BCUT2D eigenvalue weighted by molar-refractivity contribution is 7.99. The van der Waals surface area contributed by atoms with Gasteiger partial charge in [0.1, 0.15) is 0 Å². The number of aromatic nitrogens is 3. The normalized spacial score (nSPS) is 11.2. The van der Waals surface area contributed by atoms with E-state index in [1.807, 2.05) is 13.0 Å². The molecule has 10 nitrogen and oxygen atoms in total. The van der Waals surface area contributed by atoms with Gasteiger partial charge in [0.2, 0.25) is 5.91 Å². The van der Waals surface area contributed by atoms with Gasteiger partial charge in [-0.15, -0.1) is 10.2 Å². The van der Waals surface area contributed by atoms with Crippen molar-refractivity contribution >= 4 is 35.0 Å². The number of aryl methyl sites for hydroxylation is 1. The number of rotatable bonds is 9. The minimum Gasteiger partial charge on any atom is -0.345 e. The highest BCUT2D eigenvalue weighted by atomic mass is 32.2. The number of thioether (sulfide) groups is 1. The first-order valence-corrected chi connectivity index (χ1v) is 13.1. The van der Waals surface area contributed by atoms with Crippen LogP contribution in [0, 0.1) is 24.0 Å². The fraction of sp³-hybridized carbons (Fsp3) is 0.185. The van der Waals surface area contributed by atoms with E-state index in [0.717, 1.165) is 29.5 Å². The number of amides is 2. The van der Waals surface area contributed by atoms with Crippen LogP contribution in [0.5, 0.6) is 0 Å². The van der Waals surface area contributed by atoms with E-state index in [2.05, 4.69) is 20.8 Å². The zero-order valence-corrected chi connectivity index (χ0v) is 22.5. The molecule has 212 valence electrons. The first-order valence-electron chi connectivity index (χ1n) is 12.1. The number of hydrogen-bond donors (Lipinski definition) is 2. The van der Waals surface area contributed by atoms with Crippen molar-refractivity contribution in [2.75, 3.05) is 11.1 Å². The number of nitro benzene ring substituents is 1. The number of nitrogens with zero attached hydrogens (tertiary/aromatic N) is 4. The number of nitrogens with one attached hydrogen (secondary N) is 2. The summed E-state index contributed by atoms with van der Waals surface area (Å²) in [6.45, 7) is 3.05. The van der Waals surface area contributed by atoms with E-state index >= 15 is 0 Å². The van der Waals surface area contributed by atoms with Crippen LogP contribution in [0.15, 0.2) is 71.9 Å². The molecule has 0 radical (unpaired) electrons. The molecular formula is C27H23F3N6O4S. The van der Waals surface area contributed by atoms with Crippen LogP contribution in [-0.4, -0.2) is 37.3 Å². The van der Waals surface area contributed by atoms with E-state index < -0.39 is 22.6 Å². The van der Waals surface area contributed by atoms with Crippen molar-refractivity contribution in [3.8, 4) is 5.69 Å². The van der Waals surface area contributed by atoms with Crippen LogP contribution >= 0.6 is 11.8 Å². The van der Waals surface area contributed by atoms with Crippen LogP contribution in [-0.2, 0) is 17.5 Å². The molecule has 2 amide bonds. The van der Waals surface area contributed by atoms with Gasteiger partial charge in [-0.2, -0.15) is 13.2 Å². The Morgan fingerprint density at radius 2 is 1.76 bits per heavy atom. The predicted molar refractivity (Wildman–Crippen MR) is 146 cm³/mol. The van der Waals surface area contributed by atoms with Crippen LogP contribution in [0.4, 0.5) is 24.5 Å². The lowest BCUT2D eigenvalue weighted by molar-refractivity contribution is -0.385. The smallest absolute Gasteiger partial charge is 0.345 e. The van der Waals surface area contributed by atoms with Crippen molar-refractivity contribution in [1.82, 2.24) is 20.1 Å². The van der Waals surface area contributed by atoms with Gasteiger partial charge in [0, 0.05) is 22.9 Å². The second-order valence-corrected chi connectivity index (χ2v) is 9.82. The highest BCUT2D eigenvalue weighted by Gasteiger charge is 2.31. The van der Waals surface area contributed by atoms with Crippen molar-refractivity contribution in [1.29, 1.82) is 0 Å². The van der Waals surface area contributed by atoms with E-state index in [4.69, 9.17) is 0 Å². The second kappa shape index (κ2) is 12.2. The minimum atomic E-state index is -4.61. The number of hydrogen-bond acceptors (Lipinski definition) is 7. The molecular weight excluding hydrogens is 561 g/mol. The van der Waals surface area contributed by atoms with Gasteiger partial charge in [0.15, 0.2) is 11.0 Å². The van der Waals surface area contributed by atoms with Crippen LogP contribution in [0.1, 0.15) is 32.9 Å². The first-order chi connectivity index (χ1) is 19.4. The molecule has 0 aliphatic rings. The Morgan fingerprint density at radius 3 is 2.46 bits per heavy atom. The van der Waals surface area contributed by atoms with Crippen molar-refractivity contribution in [3.05, 3.63) is 105 Å². The summed E-state index contributed by atoms with van der Waals surface area (Å²) in [7, 11) is 0. The quantitative estimate of drug-likeness (QED) is 0.151. The van der Waals surface area contributed by atoms with Gasteiger partial charge >= 0.3 is 6.18 Å². The maximum Gasteiger partial charge on any atom is 0.416 e. The third-order valence-corrected chi connectivity index (χ3v) is 6.85. The van der Waals surface area contributed by atoms with Gasteiger partial charge in [-0.1, -0.05) is 36.0 Å². The van der Waals surface area contributed by atoms with Crippen molar-refractivity contribution in [3.63, 3.8) is 0 Å². The molecule has 0 bridgehead atoms. The Bertz CT molecular complexity index is 1620. The number of anilines is 1. The van der Waals surface area contributed by atoms with Crippen molar-refractivity contribution in [2.24, 2.45) is 0 Å². The molecule has 4 aromatic rings. The fourth-order valence-electron chi connectivity index (χ4n) is 3.96. The Morgan fingerprint density at radius 1 is 1.02 bits per heavy atom. The zero-order chi connectivity index (χ0) is 29.7. The first kappa shape index (κ1) is 29.3. The molecule has 3 aromatic carbocycles. The summed E-state index contributed by atoms with van der Waals surface area (Å²) in [4.78, 5) is 36.1. The molecule has 0 aliphatic heterocycles. The van der Waals surface area contributed by atoms with Crippen LogP contribution in [0.3, 0.4) is 0 Å². The Balaban J connectivity index is 1.59. The van der Waals surface area contributed by atoms with Crippen molar-refractivity contribution < 1.29 is 27.7 Å². The monoisotopic (exact) mass is 584 g/mol. The summed E-state index contributed by atoms with van der Waals surface area (Å²) in [5.41, 5.74) is 0.701. The van der Waals surface area contributed by atoms with Gasteiger partial charge in [-0.25, -0.2) is 0 Å². The lowest BCUT2D eigenvalue weighted by Gasteiger charge is -2.14. The van der Waals surface area contributed by atoms with Crippen LogP contribution in [0.2, 0.25) is 0 Å². The maximum absolute atomic E-state index is 13.5. The van der Waals surface area contributed by atoms with E-state index in [-0.39, 0.29) is 51.7 Å². The van der Waals surface area contributed by atoms with E-state index in [0.29, 0.717) is 5.69 Å². The lowest BCUT2D eigenvalue weighted by Crippen LogP contribution is -2.25. The maximum atomic E-state index is 13.5. The summed E-state index contributed by atoms with van der Waals surface area (Å²) < 4.78 is 41.7. The number of alkyl halides is 3. The molecule has 0 atom stereocenters. The number of nitro groups is 1. The Labute approximate surface area is 236 Å². The largest absolute Gasteiger partial charge is 0.416 e. The SMILES string of the molecule is Cc1cccc(NC(=O)CSc2nnc(CNC(=O)c3cccc([N+](=O)[O-])c3C)n2-c2cccc(C(F)(F)F)c2)c1. The van der Waals surface area contributed by atoms with Gasteiger partial charge in [0.05, 0.1) is 28.5 Å². The highest BCUT2D eigenvalue weighted by Crippen LogP contribution is 2.32. The number of benzene rings is 3. The standard InChI is InChI=1S/C27H23F3N6O4S/c1-16-6-3-8-19(12-16)32-24(37)15-41-26-34-33-23(35(26)20-9-4-7-18(13-20)27(28,29)30)14-31-25(38)21-10-5-11-22(17(21)2)36(39)40/h3-13H,14-15H2,1-2H3,(H,31,38)(H,32,37). The fourth-order valence-corrected chi connectivity index (χ4v) is 4.73. The van der Waals surface area contributed by atoms with Gasteiger partial charge in [0.25, 0.3) is 11.6 Å². The molecule has 0 aliphatic carbocycles. The summed E-state index contributed by atoms with van der Waals surface area (Å²) in [6.07, 6.45) is -4.61. The minimum absolute atomic E-state index is 0.0618. The molecule has 1 aromatic heterocycles. The van der Waals surface area contributed by atoms with E-state index in [9.17, 15) is 32.9 Å². The van der Waals surface area contributed by atoms with Crippen molar-refractivity contribution in [2.45, 2.75) is 31.7 Å². The Hall–Kier alpha value is -4.72. The molecule has 4 rings (SSSR count). The third-order valence-electron chi connectivity index (χ3n) is 5.92. The summed E-state index contributed by atoms with van der Waals surface area (Å²) in [5.74, 6) is -1.04. The second-order valence-electron chi connectivity index (χ2n) is 8.88. The number of halogens is 3. The van der Waals surface area contributed by atoms with Crippen LogP contribution < -0.4 is 10.6 Å². The van der Waals surface area contributed by atoms with E-state index in [1.54, 1.807) is 18.2 Å². The summed E-state index contributed by atoms with van der Waals surface area (Å²) in [6, 6.07) is 15.7. The molecule has 0 unspecified atom stereocenters. The average Bonchev–Trinajstić information content (AvgIpc) is 3.33. The third kappa shape index (κ3) is 7.08. The summed E-state index contributed by atoms with van der Waals surface area (Å²) in [5, 5.41) is 24.8. The van der Waals surface area contributed by atoms with Crippen LogP contribution in [0.25, 0.3) is 5.69 Å². The zero-order valence-electron chi connectivity index (χ0n) is 21.7. The molecule has 0 saturated carbocycles. The summed E-state index contributed by atoms with van der Waals surface area (Å²) >= 11 is 0.954. The van der Waals surface area contributed by atoms with Gasteiger partial charge in [-0.05, 0) is 55.8 Å². The molecule has 41 heavy (non-hydrogen) atoms. The predicted octanol–water partition coefficient (Wildman–Crippen LogP) is 5.47. The number of carbonyl (C=O) groups is 2. The Kier molecular flexibility index (Phi) is 8.71. The molecule has 0 saturated heterocycles. The molecule has 0 fully saturated rings. The number of carbonyl (C=O) groups excluding carboxylic acids is 2. The van der Waals surface area contributed by atoms with Gasteiger partial charge in [-0.3, -0.25) is 24.3 Å². The van der Waals surface area contributed by atoms with E-state index in [1.165, 1.54) is 41.8 Å². The molecule has 2 N–H and O–H groups in total. The topological polar surface area (TPSA) is 132 Å². The van der Waals surface area contributed by atoms with Gasteiger partial charge < -0.3 is 10.6 Å². The molecule has 14 heteroatoms. The molecule has 1 heterocycles. The lowest BCUT2D eigenvalue weighted by atomic mass is 10.1.